The molecule has 0 aliphatic carbocycles. The highest BCUT2D eigenvalue weighted by Crippen LogP contribution is 2.16. The van der Waals surface area contributed by atoms with E-state index in [9.17, 15) is 0 Å². The van der Waals surface area contributed by atoms with E-state index in [-0.39, 0.29) is 5.60 Å². The molecule has 3 heteroatoms. The molecule has 0 saturated carbocycles. The zero-order valence-electron chi connectivity index (χ0n) is 10.5. The van der Waals surface area contributed by atoms with Crippen LogP contribution in [0.4, 0.5) is 0 Å². The number of nitrogens with zero attached hydrogens (tertiary/aromatic N) is 1. The smallest absolute Gasteiger partial charge is 0.0753 e. The molecule has 2 N–H and O–H groups in total. The number of nitrogens with two attached hydrogens (primary N) is 1. The normalized spacial score (nSPS) is 24.0. The summed E-state index contributed by atoms with van der Waals surface area (Å²) in [6, 6.07) is 0.376. The molecule has 1 heterocycles. The van der Waals surface area contributed by atoms with Crippen molar-refractivity contribution in [2.45, 2.75) is 51.7 Å². The fourth-order valence-corrected chi connectivity index (χ4v) is 2.17. The van der Waals surface area contributed by atoms with Crippen LogP contribution in [0.15, 0.2) is 0 Å². The van der Waals surface area contributed by atoms with Crippen molar-refractivity contribution in [1.82, 2.24) is 4.90 Å². The van der Waals surface area contributed by atoms with Gasteiger partial charge >= 0.3 is 0 Å². The van der Waals surface area contributed by atoms with Crippen molar-refractivity contribution < 1.29 is 4.74 Å². The number of rotatable bonds is 5. The number of ether oxygens (including phenoxy) is 1. The summed E-state index contributed by atoms with van der Waals surface area (Å²) in [6.45, 7) is 10.6. The Morgan fingerprint density at radius 3 is 2.73 bits per heavy atom. The van der Waals surface area contributed by atoms with Gasteiger partial charge in [-0.05, 0) is 33.2 Å². The summed E-state index contributed by atoms with van der Waals surface area (Å²) in [4.78, 5) is 2.47. The van der Waals surface area contributed by atoms with E-state index in [1.165, 1.54) is 6.42 Å². The number of hydrogen-bond acceptors (Lipinski definition) is 3. The SMILES string of the molecule is CCCC(N)CCN1CCOC(C)(C)C1. The van der Waals surface area contributed by atoms with E-state index in [4.69, 9.17) is 10.5 Å². The van der Waals surface area contributed by atoms with Crippen molar-refractivity contribution in [3.8, 4) is 0 Å². The summed E-state index contributed by atoms with van der Waals surface area (Å²) >= 11 is 0. The van der Waals surface area contributed by atoms with Crippen LogP contribution < -0.4 is 5.73 Å². The molecule has 3 nitrogen and oxygen atoms in total. The van der Waals surface area contributed by atoms with Crippen LogP contribution in [0.3, 0.4) is 0 Å². The van der Waals surface area contributed by atoms with Gasteiger partial charge in [0.25, 0.3) is 0 Å². The van der Waals surface area contributed by atoms with Crippen molar-refractivity contribution >= 4 is 0 Å². The second kappa shape index (κ2) is 5.83. The van der Waals surface area contributed by atoms with Gasteiger partial charge in [0.15, 0.2) is 0 Å². The van der Waals surface area contributed by atoms with E-state index in [1.807, 2.05) is 0 Å². The van der Waals surface area contributed by atoms with Gasteiger partial charge in [-0.3, -0.25) is 4.90 Å². The van der Waals surface area contributed by atoms with Gasteiger partial charge in [0.1, 0.15) is 0 Å². The Balaban J connectivity index is 2.21. The molecule has 1 aliphatic heterocycles. The minimum absolute atomic E-state index is 0.0209. The van der Waals surface area contributed by atoms with Gasteiger partial charge in [-0.1, -0.05) is 13.3 Å². The van der Waals surface area contributed by atoms with Crippen LogP contribution in [0.2, 0.25) is 0 Å². The van der Waals surface area contributed by atoms with Crippen molar-refractivity contribution in [2.24, 2.45) is 5.73 Å². The highest BCUT2D eigenvalue weighted by molar-refractivity contribution is 4.79. The third kappa shape index (κ3) is 4.96. The van der Waals surface area contributed by atoms with Gasteiger partial charge in [0, 0.05) is 19.1 Å². The minimum atomic E-state index is 0.0209. The lowest BCUT2D eigenvalue weighted by atomic mass is 10.1. The Bertz CT molecular complexity index is 182. The lowest BCUT2D eigenvalue weighted by Gasteiger charge is -2.38. The van der Waals surface area contributed by atoms with Crippen LogP contribution in [-0.2, 0) is 4.74 Å². The van der Waals surface area contributed by atoms with Crippen LogP contribution in [0, 0.1) is 0 Å². The van der Waals surface area contributed by atoms with E-state index < -0.39 is 0 Å². The molecule has 0 radical (unpaired) electrons. The summed E-state index contributed by atoms with van der Waals surface area (Å²) in [5.41, 5.74) is 6.03. The average molecular weight is 214 g/mol. The van der Waals surface area contributed by atoms with Gasteiger partial charge in [0.05, 0.1) is 12.2 Å². The molecule has 15 heavy (non-hydrogen) atoms. The van der Waals surface area contributed by atoms with Gasteiger partial charge in [0.2, 0.25) is 0 Å². The average Bonchev–Trinajstić information content (AvgIpc) is 2.14. The molecule has 0 bridgehead atoms. The summed E-state index contributed by atoms with van der Waals surface area (Å²) in [6.07, 6.45) is 3.45. The molecule has 1 rings (SSSR count). The topological polar surface area (TPSA) is 38.5 Å². The molecule has 90 valence electrons. The lowest BCUT2D eigenvalue weighted by Crippen LogP contribution is -2.49. The third-order valence-electron chi connectivity index (χ3n) is 2.98. The molecule has 1 unspecified atom stereocenters. The summed E-state index contributed by atoms with van der Waals surface area (Å²) < 4.78 is 5.68. The van der Waals surface area contributed by atoms with Crippen LogP contribution in [0.1, 0.15) is 40.0 Å². The molecule has 0 aromatic heterocycles. The van der Waals surface area contributed by atoms with Crippen molar-refractivity contribution in [3.05, 3.63) is 0 Å². The van der Waals surface area contributed by atoms with Crippen molar-refractivity contribution in [3.63, 3.8) is 0 Å². The molecular weight excluding hydrogens is 188 g/mol. The first-order valence-electron chi connectivity index (χ1n) is 6.15. The van der Waals surface area contributed by atoms with E-state index in [1.54, 1.807) is 0 Å². The second-order valence-electron chi connectivity index (χ2n) is 5.22. The van der Waals surface area contributed by atoms with E-state index in [2.05, 4.69) is 25.7 Å². The molecule has 1 fully saturated rings. The maximum atomic E-state index is 6.01. The first kappa shape index (κ1) is 12.9. The molecule has 0 amide bonds. The first-order chi connectivity index (χ1) is 7.03. The summed E-state index contributed by atoms with van der Waals surface area (Å²) in [7, 11) is 0. The van der Waals surface area contributed by atoms with E-state index in [0.29, 0.717) is 6.04 Å². The standard InChI is InChI=1S/C12H26N2O/c1-4-5-11(13)6-7-14-8-9-15-12(2,3)10-14/h11H,4-10,13H2,1-3H3. The monoisotopic (exact) mass is 214 g/mol. The zero-order chi connectivity index (χ0) is 11.3. The summed E-state index contributed by atoms with van der Waals surface area (Å²) in [5.74, 6) is 0. The van der Waals surface area contributed by atoms with Crippen LogP contribution in [-0.4, -0.2) is 42.8 Å². The van der Waals surface area contributed by atoms with Gasteiger partial charge < -0.3 is 10.5 Å². The van der Waals surface area contributed by atoms with Gasteiger partial charge in [-0.25, -0.2) is 0 Å². The van der Waals surface area contributed by atoms with Crippen molar-refractivity contribution in [2.75, 3.05) is 26.2 Å². The molecule has 0 aromatic carbocycles. The van der Waals surface area contributed by atoms with Gasteiger partial charge in [-0.15, -0.1) is 0 Å². The number of morpholine rings is 1. The Labute approximate surface area is 94.0 Å². The zero-order valence-corrected chi connectivity index (χ0v) is 10.5. The minimum Gasteiger partial charge on any atom is -0.373 e. The Kier molecular flexibility index (Phi) is 5.03. The number of hydrogen-bond donors (Lipinski definition) is 1. The predicted molar refractivity (Wildman–Crippen MR) is 64.0 cm³/mol. The fourth-order valence-electron chi connectivity index (χ4n) is 2.17. The Morgan fingerprint density at radius 2 is 2.13 bits per heavy atom. The third-order valence-corrected chi connectivity index (χ3v) is 2.98. The maximum absolute atomic E-state index is 6.01. The van der Waals surface area contributed by atoms with Crippen molar-refractivity contribution in [1.29, 1.82) is 0 Å². The summed E-state index contributed by atoms with van der Waals surface area (Å²) in [5, 5.41) is 0. The molecule has 1 atom stereocenters. The van der Waals surface area contributed by atoms with Crippen LogP contribution in [0.5, 0.6) is 0 Å². The molecular formula is C12H26N2O. The predicted octanol–water partition coefficient (Wildman–Crippen LogP) is 1.61. The van der Waals surface area contributed by atoms with E-state index >= 15 is 0 Å². The second-order valence-corrected chi connectivity index (χ2v) is 5.22. The Hall–Kier alpha value is -0.120. The largest absolute Gasteiger partial charge is 0.373 e. The van der Waals surface area contributed by atoms with Gasteiger partial charge in [-0.2, -0.15) is 0 Å². The Morgan fingerprint density at radius 1 is 1.40 bits per heavy atom. The van der Waals surface area contributed by atoms with E-state index in [0.717, 1.165) is 39.1 Å². The molecule has 0 spiro atoms. The van der Waals surface area contributed by atoms with Crippen LogP contribution in [0.25, 0.3) is 0 Å². The lowest BCUT2D eigenvalue weighted by molar-refractivity contribution is -0.0863. The highest BCUT2D eigenvalue weighted by atomic mass is 16.5. The molecule has 0 aromatic rings. The molecule has 1 aliphatic rings. The fraction of sp³-hybridized carbons (Fsp3) is 1.00. The highest BCUT2D eigenvalue weighted by Gasteiger charge is 2.26. The quantitative estimate of drug-likeness (QED) is 0.755. The molecule has 1 saturated heterocycles. The van der Waals surface area contributed by atoms with Crippen LogP contribution >= 0.6 is 0 Å². The first-order valence-corrected chi connectivity index (χ1v) is 6.15. The maximum Gasteiger partial charge on any atom is 0.0753 e.